The minimum atomic E-state index is -1.34. The first kappa shape index (κ1) is 9.89. The van der Waals surface area contributed by atoms with Crippen molar-refractivity contribution in [1.29, 1.82) is 0 Å². The molecule has 0 bridgehead atoms. The first-order chi connectivity index (χ1) is 6.25. The predicted molar refractivity (Wildman–Crippen MR) is 48.4 cm³/mol. The van der Waals surface area contributed by atoms with Crippen LogP contribution in [0.1, 0.15) is 17.3 Å². The lowest BCUT2D eigenvalue weighted by molar-refractivity contribution is -0.0675. The van der Waals surface area contributed by atoms with Crippen LogP contribution in [-0.4, -0.2) is 23.8 Å². The van der Waals surface area contributed by atoms with E-state index < -0.39 is 12.1 Å². The molecule has 0 amide bonds. The van der Waals surface area contributed by atoms with Gasteiger partial charge in [0.25, 0.3) is 0 Å². The van der Waals surface area contributed by atoms with E-state index in [-0.39, 0.29) is 0 Å². The van der Waals surface area contributed by atoms with E-state index in [1.54, 1.807) is 31.2 Å². The third-order valence-electron chi connectivity index (χ3n) is 1.61. The van der Waals surface area contributed by atoms with Gasteiger partial charge in [0.2, 0.25) is 12.1 Å². The normalized spacial score (nSPS) is 12.5. The van der Waals surface area contributed by atoms with Crippen molar-refractivity contribution >= 4 is 5.78 Å². The van der Waals surface area contributed by atoms with Crippen molar-refractivity contribution < 1.29 is 14.6 Å². The average molecular weight is 180 g/mol. The summed E-state index contributed by atoms with van der Waals surface area (Å²) < 4.78 is 4.76. The van der Waals surface area contributed by atoms with Crippen LogP contribution in [0.3, 0.4) is 0 Å². The number of rotatable bonds is 4. The maximum absolute atomic E-state index is 11.4. The van der Waals surface area contributed by atoms with Gasteiger partial charge in [-0.05, 0) is 6.92 Å². The van der Waals surface area contributed by atoms with Crippen molar-refractivity contribution in [2.24, 2.45) is 0 Å². The molecule has 1 N–H and O–H groups in total. The van der Waals surface area contributed by atoms with Gasteiger partial charge in [-0.15, -0.1) is 0 Å². The number of hydrogen-bond acceptors (Lipinski definition) is 3. The number of aliphatic hydroxyl groups is 1. The Bertz CT molecular complexity index is 269. The Labute approximate surface area is 77.0 Å². The van der Waals surface area contributed by atoms with Gasteiger partial charge in [-0.25, -0.2) is 0 Å². The van der Waals surface area contributed by atoms with Crippen molar-refractivity contribution in [3.05, 3.63) is 35.9 Å². The topological polar surface area (TPSA) is 46.5 Å². The van der Waals surface area contributed by atoms with Crippen molar-refractivity contribution in [2.75, 3.05) is 6.61 Å². The molecule has 70 valence electrons. The molecule has 1 atom stereocenters. The summed E-state index contributed by atoms with van der Waals surface area (Å²) in [5, 5.41) is 9.20. The summed E-state index contributed by atoms with van der Waals surface area (Å²) in [6, 6.07) is 8.58. The summed E-state index contributed by atoms with van der Waals surface area (Å²) in [5.41, 5.74) is 0.462. The van der Waals surface area contributed by atoms with E-state index in [0.717, 1.165) is 0 Å². The van der Waals surface area contributed by atoms with Crippen molar-refractivity contribution in [3.63, 3.8) is 0 Å². The van der Waals surface area contributed by atoms with Gasteiger partial charge in [-0.1, -0.05) is 30.3 Å². The summed E-state index contributed by atoms with van der Waals surface area (Å²) in [6.07, 6.45) is -1.34. The fraction of sp³-hybridized carbons (Fsp3) is 0.300. The molecule has 1 aromatic rings. The highest BCUT2D eigenvalue weighted by atomic mass is 16.6. The molecule has 0 aliphatic carbocycles. The highest BCUT2D eigenvalue weighted by molar-refractivity contribution is 5.98. The molecule has 1 unspecified atom stereocenters. The molecular formula is C10H12O3. The highest BCUT2D eigenvalue weighted by Gasteiger charge is 2.15. The number of benzene rings is 1. The number of carbonyl (C=O) groups excluding carboxylic acids is 1. The van der Waals surface area contributed by atoms with Crippen LogP contribution >= 0.6 is 0 Å². The first-order valence-electron chi connectivity index (χ1n) is 4.14. The van der Waals surface area contributed by atoms with E-state index in [2.05, 4.69) is 0 Å². The van der Waals surface area contributed by atoms with Crippen LogP contribution in [0.15, 0.2) is 30.3 Å². The minimum absolute atomic E-state index is 0.319. The Hall–Kier alpha value is -1.19. The first-order valence-corrected chi connectivity index (χ1v) is 4.14. The maximum atomic E-state index is 11.4. The van der Waals surface area contributed by atoms with Gasteiger partial charge in [0.05, 0.1) is 0 Å². The average Bonchev–Trinajstić information content (AvgIpc) is 2.18. The largest absolute Gasteiger partial charge is 0.362 e. The van der Waals surface area contributed by atoms with Gasteiger partial charge in [0, 0.05) is 12.2 Å². The molecule has 0 radical (unpaired) electrons. The zero-order valence-electron chi connectivity index (χ0n) is 7.43. The molecule has 0 aliphatic heterocycles. The fourth-order valence-electron chi connectivity index (χ4n) is 0.979. The summed E-state index contributed by atoms with van der Waals surface area (Å²) >= 11 is 0. The van der Waals surface area contributed by atoms with Crippen LogP contribution in [0.5, 0.6) is 0 Å². The van der Waals surface area contributed by atoms with Gasteiger partial charge in [-0.3, -0.25) is 4.79 Å². The standard InChI is InChI=1S/C10H12O3/c1-2-13-10(12)9(11)8-6-4-3-5-7-8/h3-7,10,12H,2H2,1H3. The smallest absolute Gasteiger partial charge is 0.220 e. The molecule has 0 saturated heterocycles. The molecule has 1 rings (SSSR count). The molecule has 13 heavy (non-hydrogen) atoms. The molecule has 3 nitrogen and oxygen atoms in total. The monoisotopic (exact) mass is 180 g/mol. The van der Waals surface area contributed by atoms with E-state index >= 15 is 0 Å². The Morgan fingerprint density at radius 1 is 1.46 bits per heavy atom. The predicted octanol–water partition coefficient (Wildman–Crippen LogP) is 1.22. The lowest BCUT2D eigenvalue weighted by Gasteiger charge is -2.08. The Balaban J connectivity index is 2.68. The van der Waals surface area contributed by atoms with Crippen LogP contribution < -0.4 is 0 Å². The SMILES string of the molecule is CCOC(O)C(=O)c1ccccc1. The third-order valence-corrected chi connectivity index (χ3v) is 1.61. The van der Waals surface area contributed by atoms with Crippen LogP contribution in [0, 0.1) is 0 Å². The van der Waals surface area contributed by atoms with E-state index in [9.17, 15) is 9.90 Å². The zero-order chi connectivity index (χ0) is 9.68. The second kappa shape index (κ2) is 4.74. The molecule has 1 aromatic carbocycles. The van der Waals surface area contributed by atoms with E-state index in [0.29, 0.717) is 12.2 Å². The molecule has 0 fully saturated rings. The molecular weight excluding hydrogens is 168 g/mol. The lowest BCUT2D eigenvalue weighted by atomic mass is 10.1. The van der Waals surface area contributed by atoms with Gasteiger partial charge >= 0.3 is 0 Å². The van der Waals surface area contributed by atoms with E-state index in [4.69, 9.17) is 4.74 Å². The number of ether oxygens (including phenoxy) is 1. The van der Waals surface area contributed by atoms with Gasteiger partial charge in [0.1, 0.15) is 0 Å². The molecule has 3 heteroatoms. The maximum Gasteiger partial charge on any atom is 0.220 e. The Morgan fingerprint density at radius 3 is 2.62 bits per heavy atom. The molecule has 0 heterocycles. The van der Waals surface area contributed by atoms with Gasteiger partial charge < -0.3 is 9.84 Å². The Kier molecular flexibility index (Phi) is 3.61. The number of hydrogen-bond donors (Lipinski definition) is 1. The van der Waals surface area contributed by atoms with Crippen LogP contribution in [0.25, 0.3) is 0 Å². The molecule has 0 aromatic heterocycles. The quantitative estimate of drug-likeness (QED) is 0.560. The van der Waals surface area contributed by atoms with Crippen molar-refractivity contribution in [3.8, 4) is 0 Å². The number of Topliss-reactive ketones (excluding diaryl/α,β-unsaturated/α-hetero) is 1. The number of carbonyl (C=O) groups is 1. The number of aliphatic hydroxyl groups excluding tert-OH is 1. The minimum Gasteiger partial charge on any atom is -0.362 e. The van der Waals surface area contributed by atoms with E-state index in [1.165, 1.54) is 0 Å². The van der Waals surface area contributed by atoms with Crippen LogP contribution in [-0.2, 0) is 4.74 Å². The fourth-order valence-corrected chi connectivity index (χ4v) is 0.979. The number of ketones is 1. The zero-order valence-corrected chi connectivity index (χ0v) is 7.43. The molecule has 0 saturated carbocycles. The molecule has 0 spiro atoms. The third kappa shape index (κ3) is 2.65. The van der Waals surface area contributed by atoms with Gasteiger partial charge in [-0.2, -0.15) is 0 Å². The summed E-state index contributed by atoms with van der Waals surface area (Å²) in [5.74, 6) is -0.401. The Morgan fingerprint density at radius 2 is 2.08 bits per heavy atom. The van der Waals surface area contributed by atoms with Crippen LogP contribution in [0.2, 0.25) is 0 Å². The summed E-state index contributed by atoms with van der Waals surface area (Å²) in [4.78, 5) is 11.4. The van der Waals surface area contributed by atoms with E-state index in [1.807, 2.05) is 6.07 Å². The highest BCUT2D eigenvalue weighted by Crippen LogP contribution is 2.03. The van der Waals surface area contributed by atoms with Gasteiger partial charge in [0.15, 0.2) is 0 Å². The lowest BCUT2D eigenvalue weighted by Crippen LogP contribution is -2.23. The molecule has 0 aliphatic rings. The van der Waals surface area contributed by atoms with Crippen molar-refractivity contribution in [1.82, 2.24) is 0 Å². The van der Waals surface area contributed by atoms with Crippen molar-refractivity contribution in [2.45, 2.75) is 13.2 Å². The summed E-state index contributed by atoms with van der Waals surface area (Å²) in [7, 11) is 0. The second-order valence-corrected chi connectivity index (χ2v) is 2.54. The second-order valence-electron chi connectivity index (χ2n) is 2.54. The summed E-state index contributed by atoms with van der Waals surface area (Å²) in [6.45, 7) is 2.04. The van der Waals surface area contributed by atoms with Crippen LogP contribution in [0.4, 0.5) is 0 Å².